The molecule has 2 aromatic heterocycles. The van der Waals surface area contributed by atoms with E-state index in [1.54, 1.807) is 89.1 Å². The Balaban J connectivity index is 1.56. The zero-order chi connectivity index (χ0) is 45.7. The van der Waals surface area contributed by atoms with E-state index in [4.69, 9.17) is 40.0 Å². The molecule has 63 heavy (non-hydrogen) atoms. The Bertz CT molecular complexity index is 2410. The second-order valence-corrected chi connectivity index (χ2v) is 15.1. The molecule has 0 aliphatic carbocycles. The van der Waals surface area contributed by atoms with Crippen LogP contribution in [0.4, 0.5) is 10.5 Å². The van der Waals surface area contributed by atoms with Gasteiger partial charge in [-0.25, -0.2) is 9.78 Å². The molecule has 2 amide bonds. The van der Waals surface area contributed by atoms with Gasteiger partial charge in [-0.1, -0.05) is 42.5 Å². The molecule has 18 nitrogen and oxygen atoms in total. The monoisotopic (exact) mass is 861 g/mol. The first-order chi connectivity index (χ1) is 30.2. The van der Waals surface area contributed by atoms with Gasteiger partial charge in [-0.15, -0.1) is 0 Å². The van der Waals surface area contributed by atoms with Crippen LogP contribution in [0.3, 0.4) is 0 Å². The number of alkyl carbamates (subject to hydrolysis) is 1. The molecule has 0 saturated carbocycles. The van der Waals surface area contributed by atoms with Crippen LogP contribution in [-0.4, -0.2) is 83.0 Å². The molecule has 3 aromatic carbocycles. The van der Waals surface area contributed by atoms with Crippen LogP contribution in [0.1, 0.15) is 77.0 Å². The number of amidine groups is 2. The standard InChI is InChI=1S/C45H55N11O7/c1-28-40(62-27-30-12-9-8-10-13-30)39(56(54-28)21-11-20-50-44(58)63-45(2,3)4)42(48)55(26-29-14-17-32(59-5)18-15-29)41(47)38-34(24-46)35(53-49)23-36(52-38)43(57)51-25-31-16-19-33(60-6)22-37(31)61-7/h8-10,12-19,22-24,46-48H,11,20-21,25-27,49H2,1-7H3,(H,50,58)(H,51,57)(H,52,53). The van der Waals surface area contributed by atoms with Crippen LogP contribution in [0.25, 0.3) is 0 Å². The van der Waals surface area contributed by atoms with Crippen molar-refractivity contribution in [3.05, 3.63) is 124 Å². The van der Waals surface area contributed by atoms with Crippen LogP contribution < -0.4 is 40.8 Å². The molecule has 332 valence electrons. The van der Waals surface area contributed by atoms with Gasteiger partial charge in [-0.3, -0.25) is 26.1 Å². The maximum atomic E-state index is 13.8. The number of rotatable bonds is 19. The maximum absolute atomic E-state index is 13.8. The topological polar surface area (TPSA) is 248 Å². The van der Waals surface area contributed by atoms with Crippen LogP contribution in [0.15, 0.2) is 78.9 Å². The molecule has 0 unspecified atom stereocenters. The SMILES string of the molecule is COc1ccc(CN(C(=N)c2nc(C(=O)NCc3ccc(OC)cc3OC)cc(NN)c2C=N)C(=N)c2c(OCc3ccccc3)c(C)nn2CCCNC(=O)OC(C)(C)C)cc1. The van der Waals surface area contributed by atoms with Crippen molar-refractivity contribution in [2.45, 2.75) is 66.0 Å². The van der Waals surface area contributed by atoms with E-state index in [2.05, 4.69) is 21.0 Å². The number of hydrogen-bond acceptors (Lipinski definition) is 14. The molecule has 0 fully saturated rings. The Labute approximate surface area is 366 Å². The molecule has 0 aliphatic heterocycles. The third kappa shape index (κ3) is 12.1. The molecule has 0 radical (unpaired) electrons. The minimum absolute atomic E-state index is 0.0393. The molecule has 5 rings (SSSR count). The molecular weight excluding hydrogens is 807 g/mol. The molecule has 0 atom stereocenters. The van der Waals surface area contributed by atoms with Gasteiger partial charge in [0.1, 0.15) is 52.2 Å². The third-order valence-corrected chi connectivity index (χ3v) is 9.53. The number of carbonyl (C=O) groups is 2. The van der Waals surface area contributed by atoms with E-state index in [1.165, 1.54) is 18.1 Å². The van der Waals surface area contributed by atoms with Crippen LogP contribution in [0, 0.1) is 23.2 Å². The predicted octanol–water partition coefficient (Wildman–Crippen LogP) is 6.17. The quantitative estimate of drug-likeness (QED) is 0.0162. The number of nitrogens with two attached hydrogens (primary N) is 1. The van der Waals surface area contributed by atoms with Gasteiger partial charge in [0.05, 0.1) is 33.6 Å². The van der Waals surface area contributed by atoms with Gasteiger partial charge in [0.2, 0.25) is 0 Å². The number of aromatic nitrogens is 3. The highest BCUT2D eigenvalue weighted by Crippen LogP contribution is 2.30. The van der Waals surface area contributed by atoms with Crippen molar-refractivity contribution in [2.75, 3.05) is 33.3 Å². The highest BCUT2D eigenvalue weighted by atomic mass is 16.6. The minimum Gasteiger partial charge on any atom is -0.497 e. The number of ether oxygens (including phenoxy) is 5. The van der Waals surface area contributed by atoms with Gasteiger partial charge < -0.3 is 50.1 Å². The summed E-state index contributed by atoms with van der Waals surface area (Å²) in [5.74, 6) is 6.84. The average molecular weight is 862 g/mol. The number of carbonyl (C=O) groups excluding carboxylic acids is 2. The fourth-order valence-corrected chi connectivity index (χ4v) is 6.41. The molecule has 0 bridgehead atoms. The minimum atomic E-state index is -0.670. The van der Waals surface area contributed by atoms with Crippen LogP contribution >= 0.6 is 0 Å². The number of benzene rings is 3. The fourth-order valence-electron chi connectivity index (χ4n) is 6.41. The molecule has 0 aliphatic rings. The maximum Gasteiger partial charge on any atom is 0.407 e. The van der Waals surface area contributed by atoms with Gasteiger partial charge in [0.15, 0.2) is 17.4 Å². The van der Waals surface area contributed by atoms with Crippen LogP contribution in [0.5, 0.6) is 23.0 Å². The van der Waals surface area contributed by atoms with Gasteiger partial charge in [-0.2, -0.15) is 5.10 Å². The van der Waals surface area contributed by atoms with Crippen LogP contribution in [0.2, 0.25) is 0 Å². The number of pyridine rings is 1. The number of nitrogens with one attached hydrogen (secondary N) is 6. The van der Waals surface area contributed by atoms with Crippen molar-refractivity contribution < 1.29 is 33.3 Å². The second-order valence-electron chi connectivity index (χ2n) is 15.1. The Morgan fingerprint density at radius 1 is 0.889 bits per heavy atom. The number of hydrazine groups is 1. The summed E-state index contributed by atoms with van der Waals surface area (Å²) in [6.45, 7) is 7.78. The summed E-state index contributed by atoms with van der Waals surface area (Å²) >= 11 is 0. The van der Waals surface area contributed by atoms with Crippen LogP contribution in [-0.2, 0) is 31.0 Å². The number of amides is 2. The Kier molecular flexibility index (Phi) is 15.8. The zero-order valence-corrected chi connectivity index (χ0v) is 36.5. The molecule has 8 N–H and O–H groups in total. The molecular formula is C45H55N11O7. The smallest absolute Gasteiger partial charge is 0.407 e. The molecule has 18 heteroatoms. The van der Waals surface area contributed by atoms with Gasteiger partial charge in [-0.05, 0) is 75.6 Å². The number of nitrogen functional groups attached to an aromatic ring is 1. The summed E-state index contributed by atoms with van der Waals surface area (Å²) in [4.78, 5) is 32.3. The van der Waals surface area contributed by atoms with Crippen molar-refractivity contribution in [1.82, 2.24) is 30.3 Å². The summed E-state index contributed by atoms with van der Waals surface area (Å²) in [5, 5.41) is 38.5. The summed E-state index contributed by atoms with van der Waals surface area (Å²) in [6.07, 6.45) is 0.820. The summed E-state index contributed by atoms with van der Waals surface area (Å²) in [6, 6.07) is 23.3. The van der Waals surface area contributed by atoms with Crippen molar-refractivity contribution in [3.8, 4) is 23.0 Å². The zero-order valence-electron chi connectivity index (χ0n) is 36.5. The number of methoxy groups -OCH3 is 3. The summed E-state index contributed by atoms with van der Waals surface area (Å²) < 4.78 is 29.6. The largest absolute Gasteiger partial charge is 0.497 e. The second kappa shape index (κ2) is 21.4. The average Bonchev–Trinajstić information content (AvgIpc) is 3.60. The lowest BCUT2D eigenvalue weighted by Crippen LogP contribution is -2.39. The van der Waals surface area contributed by atoms with Crippen molar-refractivity contribution in [1.29, 1.82) is 16.2 Å². The lowest BCUT2D eigenvalue weighted by atomic mass is 10.1. The lowest BCUT2D eigenvalue weighted by Gasteiger charge is -2.28. The summed E-state index contributed by atoms with van der Waals surface area (Å²) in [7, 11) is 4.61. The van der Waals surface area contributed by atoms with E-state index in [9.17, 15) is 20.4 Å². The van der Waals surface area contributed by atoms with Crippen molar-refractivity contribution >= 4 is 35.6 Å². The van der Waals surface area contributed by atoms with Gasteiger partial charge >= 0.3 is 6.09 Å². The third-order valence-electron chi connectivity index (χ3n) is 9.53. The van der Waals surface area contributed by atoms with E-state index >= 15 is 0 Å². The first kappa shape index (κ1) is 46.6. The van der Waals surface area contributed by atoms with E-state index < -0.39 is 17.6 Å². The first-order valence-electron chi connectivity index (χ1n) is 20.0. The Hall–Kier alpha value is -7.47. The van der Waals surface area contributed by atoms with E-state index in [1.807, 2.05) is 30.3 Å². The lowest BCUT2D eigenvalue weighted by molar-refractivity contribution is 0.0526. The first-order valence-corrected chi connectivity index (χ1v) is 20.0. The number of hydrogen-bond donors (Lipinski definition) is 7. The highest BCUT2D eigenvalue weighted by Gasteiger charge is 2.30. The Morgan fingerprint density at radius 2 is 1.59 bits per heavy atom. The predicted molar refractivity (Wildman–Crippen MR) is 239 cm³/mol. The number of nitrogens with zero attached hydrogens (tertiary/aromatic N) is 4. The number of aryl methyl sites for hydroxylation is 2. The molecule has 0 spiro atoms. The van der Waals surface area contributed by atoms with Crippen molar-refractivity contribution in [3.63, 3.8) is 0 Å². The normalized spacial score (nSPS) is 10.9. The number of anilines is 1. The molecule has 0 saturated heterocycles. The van der Waals surface area contributed by atoms with Crippen molar-refractivity contribution in [2.24, 2.45) is 5.84 Å². The van der Waals surface area contributed by atoms with Gasteiger partial charge in [0, 0.05) is 43.0 Å². The molecule has 2 heterocycles. The van der Waals surface area contributed by atoms with E-state index in [-0.39, 0.29) is 72.8 Å². The Morgan fingerprint density at radius 3 is 2.22 bits per heavy atom. The van der Waals surface area contributed by atoms with E-state index in [0.29, 0.717) is 46.2 Å². The van der Waals surface area contributed by atoms with Gasteiger partial charge in [0.25, 0.3) is 5.91 Å². The highest BCUT2D eigenvalue weighted by molar-refractivity contribution is 6.15. The summed E-state index contributed by atoms with van der Waals surface area (Å²) in [5.41, 5.74) is 4.88. The van der Waals surface area contributed by atoms with E-state index in [0.717, 1.165) is 11.8 Å². The fraction of sp³-hybridized carbons (Fsp3) is 0.311. The molecule has 5 aromatic rings.